The molecule has 0 bridgehead atoms. The van der Waals surface area contributed by atoms with Crippen molar-refractivity contribution in [2.75, 3.05) is 5.73 Å². The van der Waals surface area contributed by atoms with Gasteiger partial charge in [-0.25, -0.2) is 4.98 Å². The molecule has 0 saturated carbocycles. The highest BCUT2D eigenvalue weighted by atomic mass is 16.6. The van der Waals surface area contributed by atoms with E-state index in [4.69, 9.17) is 10.5 Å². The molecule has 2 rings (SSSR count). The Kier molecular flexibility index (Phi) is 3.05. The summed E-state index contributed by atoms with van der Waals surface area (Å²) in [5, 5.41) is 10.7. The molecule has 1 aromatic carbocycles. The molecule has 7 nitrogen and oxygen atoms in total. The van der Waals surface area contributed by atoms with Crippen molar-refractivity contribution in [1.29, 1.82) is 0 Å². The molecule has 0 aliphatic rings. The number of benzene rings is 1. The van der Waals surface area contributed by atoms with Crippen molar-refractivity contribution in [3.05, 3.63) is 46.1 Å². The van der Waals surface area contributed by atoms with Gasteiger partial charge in [-0.15, -0.1) is 0 Å². The van der Waals surface area contributed by atoms with Gasteiger partial charge in [-0.3, -0.25) is 10.1 Å². The van der Waals surface area contributed by atoms with Gasteiger partial charge in [0.05, 0.1) is 11.0 Å². The number of nitrogen functional groups attached to an aromatic ring is 1. The third kappa shape index (κ3) is 2.51. The van der Waals surface area contributed by atoms with Gasteiger partial charge in [-0.05, 0) is 24.6 Å². The van der Waals surface area contributed by atoms with Crippen molar-refractivity contribution in [3.63, 3.8) is 0 Å². The molecule has 1 aromatic heterocycles. The molecule has 0 atom stereocenters. The predicted molar refractivity (Wildman–Crippen MR) is 64.4 cm³/mol. The lowest BCUT2D eigenvalue weighted by atomic mass is 10.2. The first-order valence-electron chi connectivity index (χ1n) is 5.07. The van der Waals surface area contributed by atoms with Crippen molar-refractivity contribution in [2.45, 2.75) is 6.92 Å². The number of rotatable bonds is 3. The number of nitro groups is 1. The van der Waals surface area contributed by atoms with Gasteiger partial charge < -0.3 is 10.5 Å². The van der Waals surface area contributed by atoms with E-state index < -0.39 is 4.92 Å². The van der Waals surface area contributed by atoms with Crippen molar-refractivity contribution in [2.24, 2.45) is 0 Å². The molecule has 0 spiro atoms. The number of nitrogens with zero attached hydrogens (tertiary/aromatic N) is 3. The van der Waals surface area contributed by atoms with Gasteiger partial charge in [0.25, 0.3) is 5.69 Å². The third-order valence-electron chi connectivity index (χ3n) is 2.24. The molecular formula is C11H10N4O3. The number of non-ortho nitro benzene ring substituents is 1. The minimum absolute atomic E-state index is 0.0543. The number of nitrogens with two attached hydrogens (primary N) is 1. The van der Waals surface area contributed by atoms with Crippen LogP contribution < -0.4 is 10.5 Å². The van der Waals surface area contributed by atoms with Crippen LogP contribution in [0.1, 0.15) is 5.56 Å². The summed E-state index contributed by atoms with van der Waals surface area (Å²) in [6, 6.07) is 5.90. The zero-order valence-electron chi connectivity index (χ0n) is 9.53. The first-order chi connectivity index (χ1) is 8.56. The predicted octanol–water partition coefficient (Wildman–Crippen LogP) is 2.07. The molecule has 0 saturated heterocycles. The number of hydrogen-bond donors (Lipinski definition) is 1. The number of ether oxygens (including phenoxy) is 1. The maximum Gasteiger partial charge on any atom is 0.323 e. The van der Waals surface area contributed by atoms with Crippen LogP contribution >= 0.6 is 0 Å². The van der Waals surface area contributed by atoms with Crippen molar-refractivity contribution in [1.82, 2.24) is 9.97 Å². The van der Waals surface area contributed by atoms with E-state index in [0.29, 0.717) is 5.75 Å². The normalized spacial score (nSPS) is 10.1. The SMILES string of the molecule is Cc1ccc([N+](=O)[O-])cc1Oc1nccc(N)n1. The van der Waals surface area contributed by atoms with Crippen molar-refractivity contribution >= 4 is 11.5 Å². The summed E-state index contributed by atoms with van der Waals surface area (Å²) in [7, 11) is 0. The Bertz CT molecular complexity index is 601. The summed E-state index contributed by atoms with van der Waals surface area (Å²) in [5.74, 6) is 0.595. The standard InChI is InChI=1S/C11H10N4O3/c1-7-2-3-8(15(16)17)6-9(7)18-11-13-5-4-10(12)14-11/h2-6H,1H3,(H2,12,13,14). The smallest absolute Gasteiger partial charge is 0.323 e. The van der Waals surface area contributed by atoms with Crippen LogP contribution in [-0.2, 0) is 0 Å². The molecule has 0 aliphatic heterocycles. The van der Waals surface area contributed by atoms with Crippen LogP contribution in [0.5, 0.6) is 11.8 Å². The molecule has 2 aromatic rings. The first kappa shape index (κ1) is 11.8. The second kappa shape index (κ2) is 4.66. The maximum absolute atomic E-state index is 10.7. The van der Waals surface area contributed by atoms with E-state index in [0.717, 1.165) is 5.56 Å². The fourth-order valence-corrected chi connectivity index (χ4v) is 1.31. The van der Waals surface area contributed by atoms with E-state index in [2.05, 4.69) is 9.97 Å². The largest absolute Gasteiger partial charge is 0.424 e. The molecule has 18 heavy (non-hydrogen) atoms. The van der Waals surface area contributed by atoms with Gasteiger partial charge in [-0.1, -0.05) is 0 Å². The second-order valence-corrected chi connectivity index (χ2v) is 3.57. The Hall–Kier alpha value is -2.70. The maximum atomic E-state index is 10.7. The first-order valence-corrected chi connectivity index (χ1v) is 5.07. The monoisotopic (exact) mass is 246 g/mol. The number of aromatic nitrogens is 2. The van der Waals surface area contributed by atoms with Crippen LogP contribution in [0.15, 0.2) is 30.5 Å². The van der Waals surface area contributed by atoms with Crippen molar-refractivity contribution < 1.29 is 9.66 Å². The van der Waals surface area contributed by atoms with E-state index in [1.807, 2.05) is 0 Å². The summed E-state index contributed by atoms with van der Waals surface area (Å²) in [6.45, 7) is 1.77. The molecule has 7 heteroatoms. The van der Waals surface area contributed by atoms with Crippen molar-refractivity contribution in [3.8, 4) is 11.8 Å². The lowest BCUT2D eigenvalue weighted by Crippen LogP contribution is -1.97. The van der Waals surface area contributed by atoms with E-state index in [1.54, 1.807) is 13.0 Å². The number of aryl methyl sites for hydroxylation is 1. The Morgan fingerprint density at radius 3 is 2.83 bits per heavy atom. The molecule has 0 aliphatic carbocycles. The highest BCUT2D eigenvalue weighted by molar-refractivity contribution is 5.44. The molecule has 0 radical (unpaired) electrons. The van der Waals surface area contributed by atoms with Gasteiger partial charge in [0.2, 0.25) is 0 Å². The number of anilines is 1. The third-order valence-corrected chi connectivity index (χ3v) is 2.24. The zero-order chi connectivity index (χ0) is 13.1. The van der Waals surface area contributed by atoms with Crippen LogP contribution in [-0.4, -0.2) is 14.9 Å². The second-order valence-electron chi connectivity index (χ2n) is 3.57. The fourth-order valence-electron chi connectivity index (χ4n) is 1.31. The number of hydrogen-bond acceptors (Lipinski definition) is 6. The molecule has 0 amide bonds. The van der Waals surface area contributed by atoms with Gasteiger partial charge in [-0.2, -0.15) is 4.98 Å². The topological polar surface area (TPSA) is 104 Å². The van der Waals surface area contributed by atoms with E-state index in [1.165, 1.54) is 24.4 Å². The minimum atomic E-state index is -0.494. The molecule has 92 valence electrons. The number of nitro benzene ring substituents is 1. The van der Waals surface area contributed by atoms with E-state index in [-0.39, 0.29) is 17.5 Å². The van der Waals surface area contributed by atoms with E-state index >= 15 is 0 Å². The Labute approximate surface area is 102 Å². The van der Waals surface area contributed by atoms with Gasteiger partial charge in [0.1, 0.15) is 11.6 Å². The van der Waals surface area contributed by atoms with Gasteiger partial charge >= 0.3 is 6.01 Å². The Morgan fingerprint density at radius 2 is 2.17 bits per heavy atom. The highest BCUT2D eigenvalue weighted by Gasteiger charge is 2.11. The lowest BCUT2D eigenvalue weighted by molar-refractivity contribution is -0.384. The summed E-state index contributed by atoms with van der Waals surface area (Å²) in [6.07, 6.45) is 1.45. The zero-order valence-corrected chi connectivity index (χ0v) is 9.53. The van der Waals surface area contributed by atoms with Crippen LogP contribution in [0.4, 0.5) is 11.5 Å². The molecule has 0 unspecified atom stereocenters. The summed E-state index contributed by atoms with van der Waals surface area (Å²) in [4.78, 5) is 17.9. The summed E-state index contributed by atoms with van der Waals surface area (Å²) in [5.41, 5.74) is 6.18. The lowest BCUT2D eigenvalue weighted by Gasteiger charge is -2.06. The Balaban J connectivity index is 2.33. The summed E-state index contributed by atoms with van der Waals surface area (Å²) < 4.78 is 5.37. The molecule has 1 heterocycles. The quantitative estimate of drug-likeness (QED) is 0.656. The van der Waals surface area contributed by atoms with E-state index in [9.17, 15) is 10.1 Å². The molecular weight excluding hydrogens is 236 g/mol. The van der Waals surface area contributed by atoms with Gasteiger partial charge in [0.15, 0.2) is 0 Å². The highest BCUT2D eigenvalue weighted by Crippen LogP contribution is 2.27. The van der Waals surface area contributed by atoms with Crippen LogP contribution in [0, 0.1) is 17.0 Å². The molecule has 0 fully saturated rings. The molecule has 2 N–H and O–H groups in total. The van der Waals surface area contributed by atoms with Crippen LogP contribution in [0.2, 0.25) is 0 Å². The minimum Gasteiger partial charge on any atom is -0.424 e. The Morgan fingerprint density at radius 1 is 1.39 bits per heavy atom. The summed E-state index contributed by atoms with van der Waals surface area (Å²) >= 11 is 0. The van der Waals surface area contributed by atoms with Crippen LogP contribution in [0.25, 0.3) is 0 Å². The average molecular weight is 246 g/mol. The fraction of sp³-hybridized carbons (Fsp3) is 0.0909. The average Bonchev–Trinajstić information content (AvgIpc) is 2.31. The van der Waals surface area contributed by atoms with Crippen LogP contribution in [0.3, 0.4) is 0 Å². The van der Waals surface area contributed by atoms with Gasteiger partial charge in [0, 0.05) is 12.3 Å².